The van der Waals surface area contributed by atoms with Crippen LogP contribution in [0, 0.1) is 0 Å². The molecule has 0 saturated carbocycles. The number of rotatable bonds is 1. The molecule has 1 aromatic carbocycles. The van der Waals surface area contributed by atoms with Crippen molar-refractivity contribution < 1.29 is 0 Å². The van der Waals surface area contributed by atoms with Gasteiger partial charge in [0.25, 0.3) is 0 Å². The summed E-state index contributed by atoms with van der Waals surface area (Å²) in [6.07, 6.45) is 2.08. The quantitative estimate of drug-likeness (QED) is 0.559. The summed E-state index contributed by atoms with van der Waals surface area (Å²) < 4.78 is 3.21. The van der Waals surface area contributed by atoms with Gasteiger partial charge in [0.2, 0.25) is 0 Å². The molecule has 3 aromatic rings. The molecule has 3 rings (SSSR count). The molecule has 2 aromatic heterocycles. The third-order valence-corrected chi connectivity index (χ3v) is 4.29. The normalized spacial score (nSPS) is 11.1. The van der Waals surface area contributed by atoms with E-state index in [4.69, 9.17) is 0 Å². The third kappa shape index (κ3) is 1.10. The summed E-state index contributed by atoms with van der Waals surface area (Å²) in [5.74, 6) is 0. The van der Waals surface area contributed by atoms with Crippen molar-refractivity contribution in [1.82, 2.24) is 9.78 Å². The van der Waals surface area contributed by atoms with E-state index in [-0.39, 0.29) is 0 Å². The summed E-state index contributed by atoms with van der Waals surface area (Å²) >= 11 is 0. The van der Waals surface area contributed by atoms with Crippen molar-refractivity contribution >= 4 is 30.2 Å². The van der Waals surface area contributed by atoms with E-state index in [2.05, 4.69) is 23.4 Å². The Kier molecular flexibility index (Phi) is 1.50. The molecule has 0 unspecified atom stereocenters. The molecule has 64 valence electrons. The number of benzene rings is 1. The van der Waals surface area contributed by atoms with Crippen LogP contribution in [0.25, 0.3) is 15.2 Å². The molecule has 0 atom stereocenters. The van der Waals surface area contributed by atoms with Crippen LogP contribution in [-0.4, -0.2) is 9.78 Å². The predicted octanol–water partition coefficient (Wildman–Crippen LogP) is 3.15. The van der Waals surface area contributed by atoms with Gasteiger partial charge in [0.05, 0.1) is 16.6 Å². The number of fused-ring (bicyclic) bond motifs is 1. The van der Waals surface area contributed by atoms with Gasteiger partial charge in [0.1, 0.15) is 0 Å². The van der Waals surface area contributed by atoms with E-state index in [0.717, 1.165) is 10.5 Å². The number of hydrogen-bond donors (Lipinski definition) is 0. The van der Waals surface area contributed by atoms with Gasteiger partial charge in [-0.2, -0.15) is 5.10 Å². The zero-order valence-electron chi connectivity index (χ0n) is 6.68. The third-order valence-electron chi connectivity index (χ3n) is 1.88. The first-order chi connectivity index (χ1) is 6.43. The van der Waals surface area contributed by atoms with Crippen molar-refractivity contribution in [2.24, 2.45) is 0 Å². The summed E-state index contributed by atoms with van der Waals surface area (Å²) in [6.45, 7) is 0. The van der Waals surface area contributed by atoms with Crippen molar-refractivity contribution in [1.29, 1.82) is 0 Å². The van der Waals surface area contributed by atoms with Gasteiger partial charge in [0.15, 0.2) is 4.83 Å². The number of aromatic nitrogens is 2. The summed E-state index contributed by atoms with van der Waals surface area (Å²) in [7, 11) is 3.51. The Hall–Kier alpha value is -1.13. The average Bonchev–Trinajstić information content (AvgIpc) is 2.45. The van der Waals surface area contributed by atoms with Crippen molar-refractivity contribution in [3.8, 4) is 5.69 Å². The summed E-state index contributed by atoms with van der Waals surface area (Å²) in [6, 6.07) is 10.2. The van der Waals surface area contributed by atoms with Gasteiger partial charge in [-0.3, -0.25) is 0 Å². The maximum atomic E-state index is 4.43. The van der Waals surface area contributed by atoms with Gasteiger partial charge in [-0.1, -0.05) is 38.9 Å². The molecule has 2 nitrogen and oxygen atoms in total. The molecule has 0 aliphatic heterocycles. The largest absolute Gasteiger partial charge is 0.238 e. The van der Waals surface area contributed by atoms with Crippen LogP contribution >= 0.6 is 20.7 Å². The lowest BCUT2D eigenvalue weighted by molar-refractivity contribution is 0.900. The van der Waals surface area contributed by atoms with Crippen molar-refractivity contribution in [3.63, 3.8) is 0 Å². The highest BCUT2D eigenvalue weighted by Crippen LogP contribution is 2.30. The van der Waals surface area contributed by atoms with E-state index in [1.807, 2.05) is 22.9 Å². The van der Waals surface area contributed by atoms with Crippen LogP contribution in [-0.2, 0) is 0 Å². The molecule has 2 heterocycles. The van der Waals surface area contributed by atoms with Gasteiger partial charge < -0.3 is 0 Å². The van der Waals surface area contributed by atoms with E-state index >= 15 is 0 Å². The van der Waals surface area contributed by atoms with Crippen molar-refractivity contribution in [3.05, 3.63) is 36.5 Å². The first kappa shape index (κ1) is 7.29. The first-order valence-corrected chi connectivity index (χ1v) is 6.08. The molecular formula is C9H6N2S2. The zero-order valence-corrected chi connectivity index (χ0v) is 8.31. The SMILES string of the molecule is c1ccc(-n2cc3ssc3n2)cc1. The molecule has 0 N–H and O–H groups in total. The predicted molar refractivity (Wildman–Crippen MR) is 56.8 cm³/mol. The van der Waals surface area contributed by atoms with Gasteiger partial charge in [-0.05, 0) is 12.1 Å². The topological polar surface area (TPSA) is 17.8 Å². The fraction of sp³-hybridized carbons (Fsp3) is 0. The van der Waals surface area contributed by atoms with Crippen LogP contribution < -0.4 is 0 Å². The Bertz CT molecular complexity index is 490. The van der Waals surface area contributed by atoms with Crippen LogP contribution in [0.2, 0.25) is 0 Å². The maximum Gasteiger partial charge on any atom is 0.166 e. The molecule has 0 radical (unpaired) electrons. The smallest absolute Gasteiger partial charge is 0.166 e. The van der Waals surface area contributed by atoms with Crippen LogP contribution in [0.4, 0.5) is 0 Å². The minimum Gasteiger partial charge on any atom is -0.238 e. The van der Waals surface area contributed by atoms with E-state index in [9.17, 15) is 0 Å². The lowest BCUT2D eigenvalue weighted by Gasteiger charge is -1.97. The number of hydrogen-bond acceptors (Lipinski definition) is 3. The maximum absolute atomic E-state index is 4.43. The molecule has 0 saturated heterocycles. The Morgan fingerprint density at radius 1 is 1.08 bits per heavy atom. The molecule has 0 amide bonds. The van der Waals surface area contributed by atoms with E-state index < -0.39 is 0 Å². The molecule has 0 fully saturated rings. The molecule has 0 aliphatic carbocycles. The molecule has 13 heavy (non-hydrogen) atoms. The average molecular weight is 206 g/mol. The Labute approximate surface area is 82.4 Å². The lowest BCUT2D eigenvalue weighted by atomic mass is 10.3. The number of nitrogens with zero attached hydrogens (tertiary/aromatic N) is 2. The minimum absolute atomic E-state index is 1.12. The van der Waals surface area contributed by atoms with Crippen molar-refractivity contribution in [2.45, 2.75) is 0 Å². The molecule has 4 heteroatoms. The lowest BCUT2D eigenvalue weighted by Crippen LogP contribution is -1.92. The summed E-state index contributed by atoms with van der Waals surface area (Å²) in [5.41, 5.74) is 1.12. The number of para-hydroxylation sites is 1. The van der Waals surface area contributed by atoms with Crippen molar-refractivity contribution in [2.75, 3.05) is 0 Å². The second-order valence-corrected chi connectivity index (χ2v) is 4.91. The van der Waals surface area contributed by atoms with E-state index in [0.29, 0.717) is 0 Å². The second-order valence-electron chi connectivity index (χ2n) is 2.75. The fourth-order valence-electron chi connectivity index (χ4n) is 1.22. The van der Waals surface area contributed by atoms with E-state index in [1.165, 1.54) is 4.70 Å². The van der Waals surface area contributed by atoms with Gasteiger partial charge >= 0.3 is 0 Å². The first-order valence-electron chi connectivity index (χ1n) is 3.93. The highest BCUT2D eigenvalue weighted by atomic mass is 32.9. The second kappa shape index (κ2) is 2.68. The zero-order chi connectivity index (χ0) is 8.67. The van der Waals surface area contributed by atoms with Gasteiger partial charge in [0, 0.05) is 0 Å². The molecule has 0 spiro atoms. The van der Waals surface area contributed by atoms with Gasteiger partial charge in [-0.25, -0.2) is 4.68 Å². The Morgan fingerprint density at radius 3 is 2.46 bits per heavy atom. The molecule has 0 bridgehead atoms. The Balaban J connectivity index is 2.18. The van der Waals surface area contributed by atoms with Crippen LogP contribution in [0.1, 0.15) is 0 Å². The fourth-order valence-corrected chi connectivity index (χ4v) is 2.82. The highest BCUT2D eigenvalue weighted by Gasteiger charge is 2.05. The highest BCUT2D eigenvalue weighted by molar-refractivity contribution is 7.78. The monoisotopic (exact) mass is 206 g/mol. The Morgan fingerprint density at radius 2 is 1.92 bits per heavy atom. The van der Waals surface area contributed by atoms with Crippen LogP contribution in [0.5, 0.6) is 0 Å². The molecular weight excluding hydrogens is 200 g/mol. The van der Waals surface area contributed by atoms with E-state index in [1.54, 1.807) is 20.7 Å². The summed E-state index contributed by atoms with van der Waals surface area (Å²) in [5, 5.41) is 4.43. The van der Waals surface area contributed by atoms with Crippen LogP contribution in [0.3, 0.4) is 0 Å². The van der Waals surface area contributed by atoms with Crippen LogP contribution in [0.15, 0.2) is 36.5 Å². The standard InChI is InChI=1S/C9H6N2S2/c1-2-4-7(5-3-1)11-6-8-9(10-11)13-12-8/h1-6H. The van der Waals surface area contributed by atoms with Gasteiger partial charge in [-0.15, -0.1) is 0 Å². The molecule has 0 aliphatic rings. The minimum atomic E-state index is 1.12. The summed E-state index contributed by atoms with van der Waals surface area (Å²) in [4.78, 5) is 1.15.